The van der Waals surface area contributed by atoms with Crippen LogP contribution in [0, 0.1) is 0 Å². The van der Waals surface area contributed by atoms with Crippen molar-refractivity contribution in [3.05, 3.63) is 0 Å². The maximum absolute atomic E-state index is 10.2. The highest BCUT2D eigenvalue weighted by molar-refractivity contribution is 4.94. The molecule has 0 aliphatic carbocycles. The molecule has 136 valence electrons. The van der Waals surface area contributed by atoms with Gasteiger partial charge in [-0.2, -0.15) is 0 Å². The second-order valence-electron chi connectivity index (χ2n) is 5.82. The Morgan fingerprint density at radius 3 is 2.30 bits per heavy atom. The molecular formula is C13H24O10. The summed E-state index contributed by atoms with van der Waals surface area (Å²) in [4.78, 5) is 0. The summed E-state index contributed by atoms with van der Waals surface area (Å²) < 4.78 is 15.5. The van der Waals surface area contributed by atoms with E-state index in [1.807, 2.05) is 0 Å². The van der Waals surface area contributed by atoms with Crippen molar-refractivity contribution in [2.24, 2.45) is 0 Å². The summed E-state index contributed by atoms with van der Waals surface area (Å²) in [7, 11) is 0. The Morgan fingerprint density at radius 1 is 1.09 bits per heavy atom. The molecule has 0 amide bonds. The monoisotopic (exact) mass is 340 g/mol. The van der Waals surface area contributed by atoms with Crippen molar-refractivity contribution < 1.29 is 50.0 Å². The average molecular weight is 340 g/mol. The van der Waals surface area contributed by atoms with Gasteiger partial charge in [0.2, 0.25) is 0 Å². The van der Waals surface area contributed by atoms with E-state index in [0.717, 1.165) is 0 Å². The lowest BCUT2D eigenvalue weighted by Gasteiger charge is -2.46. The molecule has 9 atom stereocenters. The lowest BCUT2D eigenvalue weighted by atomic mass is 9.94. The minimum atomic E-state index is -1.93. The molecule has 7 N–H and O–H groups in total. The molecule has 2 heterocycles. The smallest absolute Gasteiger partial charge is 0.194 e. The van der Waals surface area contributed by atoms with Gasteiger partial charge < -0.3 is 50.0 Å². The average Bonchev–Trinajstić information content (AvgIpc) is 2.55. The topological polar surface area (TPSA) is 169 Å². The first-order valence-corrected chi connectivity index (χ1v) is 7.43. The Hall–Kier alpha value is -0.400. The van der Waals surface area contributed by atoms with E-state index < -0.39 is 61.4 Å². The normalized spacial score (nSPS) is 51.7. The van der Waals surface area contributed by atoms with E-state index in [-0.39, 0.29) is 13.0 Å². The van der Waals surface area contributed by atoms with Crippen LogP contribution in [0.3, 0.4) is 0 Å². The molecule has 0 aromatic carbocycles. The van der Waals surface area contributed by atoms with E-state index in [4.69, 9.17) is 19.3 Å². The van der Waals surface area contributed by atoms with Gasteiger partial charge in [-0.1, -0.05) is 6.92 Å². The number of aliphatic hydroxyl groups is 7. The maximum atomic E-state index is 10.2. The van der Waals surface area contributed by atoms with Crippen LogP contribution in [0.15, 0.2) is 0 Å². The van der Waals surface area contributed by atoms with Crippen LogP contribution in [0.25, 0.3) is 0 Å². The highest BCUT2D eigenvalue weighted by Crippen LogP contribution is 2.31. The molecule has 0 bridgehead atoms. The summed E-state index contributed by atoms with van der Waals surface area (Å²) >= 11 is 0. The molecule has 10 nitrogen and oxygen atoms in total. The van der Waals surface area contributed by atoms with E-state index in [0.29, 0.717) is 0 Å². The van der Waals surface area contributed by atoms with Crippen LogP contribution >= 0.6 is 0 Å². The van der Waals surface area contributed by atoms with E-state index >= 15 is 0 Å². The molecule has 0 spiro atoms. The predicted octanol–water partition coefficient (Wildman–Crippen LogP) is -3.98. The van der Waals surface area contributed by atoms with Crippen molar-refractivity contribution >= 4 is 0 Å². The fourth-order valence-corrected chi connectivity index (χ4v) is 2.69. The highest BCUT2D eigenvalue weighted by Gasteiger charge is 2.52. The van der Waals surface area contributed by atoms with Crippen molar-refractivity contribution in [2.45, 2.75) is 68.1 Å². The molecule has 0 saturated carbocycles. The lowest BCUT2D eigenvalue weighted by Crippen LogP contribution is -2.65. The zero-order valence-electron chi connectivity index (χ0n) is 12.6. The van der Waals surface area contributed by atoms with Crippen LogP contribution in [0.2, 0.25) is 0 Å². The van der Waals surface area contributed by atoms with Crippen molar-refractivity contribution in [3.8, 4) is 0 Å². The van der Waals surface area contributed by atoms with Gasteiger partial charge in [-0.25, -0.2) is 0 Å². The largest absolute Gasteiger partial charge is 0.394 e. The molecule has 0 aromatic rings. The molecule has 2 fully saturated rings. The van der Waals surface area contributed by atoms with Crippen molar-refractivity contribution in [1.82, 2.24) is 0 Å². The summed E-state index contributed by atoms with van der Waals surface area (Å²) in [5, 5.41) is 68.6. The van der Waals surface area contributed by atoms with Gasteiger partial charge in [-0.15, -0.1) is 0 Å². The van der Waals surface area contributed by atoms with Gasteiger partial charge >= 0.3 is 0 Å². The van der Waals surface area contributed by atoms with E-state index in [9.17, 15) is 30.6 Å². The Balaban J connectivity index is 2.12. The SMILES string of the molecule is CCC1(O)OC[C@H](O)C(O[C@@H]2OC(CO)[C@H](O)[C@H](O)C2O)[C@@H]1O. The zero-order chi connectivity index (χ0) is 17.4. The molecule has 4 unspecified atom stereocenters. The Morgan fingerprint density at radius 2 is 1.74 bits per heavy atom. The molecule has 2 aliphatic heterocycles. The van der Waals surface area contributed by atoms with Gasteiger partial charge in [0.25, 0.3) is 0 Å². The third-order valence-corrected chi connectivity index (χ3v) is 4.30. The van der Waals surface area contributed by atoms with Crippen LogP contribution < -0.4 is 0 Å². The molecule has 2 aliphatic rings. The fraction of sp³-hybridized carbons (Fsp3) is 1.00. The molecule has 10 heteroatoms. The molecule has 2 rings (SSSR count). The predicted molar refractivity (Wildman–Crippen MR) is 71.8 cm³/mol. The van der Waals surface area contributed by atoms with Gasteiger partial charge in [-0.3, -0.25) is 0 Å². The summed E-state index contributed by atoms with van der Waals surface area (Å²) in [6.07, 6.45) is -11.9. The number of hydrogen-bond donors (Lipinski definition) is 7. The third kappa shape index (κ3) is 3.51. The highest BCUT2D eigenvalue weighted by atomic mass is 16.7. The number of rotatable bonds is 4. The minimum Gasteiger partial charge on any atom is -0.394 e. The zero-order valence-corrected chi connectivity index (χ0v) is 12.6. The standard InChI is InChI=1S/C13H24O10/c1-2-13(20)11(19)10(5(15)4-21-13)23-12-9(18)8(17)7(16)6(3-14)22-12/h5-12,14-20H,2-4H2,1H3/t5-,6?,7-,8-,9?,10?,11-,12-,13?/m0/s1. The number of hydrogen-bond acceptors (Lipinski definition) is 10. The van der Waals surface area contributed by atoms with E-state index in [1.54, 1.807) is 6.92 Å². The summed E-state index contributed by atoms with van der Waals surface area (Å²) in [5.74, 6) is -1.93. The Labute approximate surface area is 132 Å². The first-order valence-electron chi connectivity index (χ1n) is 7.43. The van der Waals surface area contributed by atoms with Crippen LogP contribution in [-0.2, 0) is 14.2 Å². The molecule has 0 radical (unpaired) electrons. The van der Waals surface area contributed by atoms with Crippen LogP contribution in [-0.4, -0.2) is 104 Å². The fourth-order valence-electron chi connectivity index (χ4n) is 2.69. The maximum Gasteiger partial charge on any atom is 0.194 e. The molecular weight excluding hydrogens is 316 g/mol. The number of ether oxygens (including phenoxy) is 3. The van der Waals surface area contributed by atoms with Gasteiger partial charge in [0, 0.05) is 6.42 Å². The summed E-state index contributed by atoms with van der Waals surface area (Å²) in [5.41, 5.74) is 0. The quantitative estimate of drug-likeness (QED) is 0.268. The molecule has 0 aromatic heterocycles. The van der Waals surface area contributed by atoms with Crippen molar-refractivity contribution in [2.75, 3.05) is 13.2 Å². The van der Waals surface area contributed by atoms with Gasteiger partial charge in [0.1, 0.15) is 42.7 Å². The minimum absolute atomic E-state index is 0.0232. The Bertz CT molecular complexity index is 393. The van der Waals surface area contributed by atoms with Crippen molar-refractivity contribution in [3.63, 3.8) is 0 Å². The summed E-state index contributed by atoms with van der Waals surface area (Å²) in [6, 6.07) is 0. The van der Waals surface area contributed by atoms with Gasteiger partial charge in [0.05, 0.1) is 13.2 Å². The molecule has 2 saturated heterocycles. The summed E-state index contributed by atoms with van der Waals surface area (Å²) in [6.45, 7) is 0.609. The first-order chi connectivity index (χ1) is 10.7. The van der Waals surface area contributed by atoms with Gasteiger partial charge in [0.15, 0.2) is 12.1 Å². The Kier molecular flexibility index (Phi) is 5.95. The second-order valence-corrected chi connectivity index (χ2v) is 5.82. The third-order valence-electron chi connectivity index (χ3n) is 4.30. The number of aliphatic hydroxyl groups excluding tert-OH is 6. The lowest BCUT2D eigenvalue weighted by molar-refractivity contribution is -0.369. The van der Waals surface area contributed by atoms with E-state index in [2.05, 4.69) is 0 Å². The van der Waals surface area contributed by atoms with Crippen LogP contribution in [0.1, 0.15) is 13.3 Å². The van der Waals surface area contributed by atoms with Crippen LogP contribution in [0.4, 0.5) is 0 Å². The second kappa shape index (κ2) is 7.23. The van der Waals surface area contributed by atoms with Crippen molar-refractivity contribution in [1.29, 1.82) is 0 Å². The van der Waals surface area contributed by atoms with Crippen LogP contribution in [0.5, 0.6) is 0 Å². The first kappa shape index (κ1) is 18.9. The van der Waals surface area contributed by atoms with E-state index in [1.165, 1.54) is 0 Å². The van der Waals surface area contributed by atoms with Gasteiger partial charge in [-0.05, 0) is 0 Å². The molecule has 23 heavy (non-hydrogen) atoms.